The minimum Gasteiger partial charge on any atom is -0.393 e. The van der Waals surface area contributed by atoms with Gasteiger partial charge in [0.1, 0.15) is 0 Å². The molecule has 1 heteroatoms. The molecule has 4 rings (SSSR count). The molecule has 0 heterocycles. The van der Waals surface area contributed by atoms with Crippen LogP contribution in [0.25, 0.3) is 0 Å². The van der Waals surface area contributed by atoms with Crippen molar-refractivity contribution in [2.24, 2.45) is 52.3 Å². The molecule has 4 aliphatic carbocycles. The fourth-order valence-corrected chi connectivity index (χ4v) is 9.35. The number of hydrogen-bond acceptors (Lipinski definition) is 1. The number of aliphatic hydroxyl groups excluding tert-OH is 1. The highest BCUT2D eigenvalue weighted by Gasteiger charge is 2.60. The van der Waals surface area contributed by atoms with E-state index in [-0.39, 0.29) is 6.10 Å². The Labute approximate surface area is 175 Å². The molecule has 0 amide bonds. The fraction of sp³-hybridized carbons (Fsp3) is 1.00. The summed E-state index contributed by atoms with van der Waals surface area (Å²) in [6, 6.07) is 0. The van der Waals surface area contributed by atoms with E-state index in [9.17, 15) is 5.11 Å². The van der Waals surface area contributed by atoms with Crippen LogP contribution >= 0.6 is 0 Å². The van der Waals surface area contributed by atoms with Gasteiger partial charge < -0.3 is 5.11 Å². The van der Waals surface area contributed by atoms with Crippen molar-refractivity contribution in [3.05, 3.63) is 0 Å². The van der Waals surface area contributed by atoms with Crippen molar-refractivity contribution in [1.82, 2.24) is 0 Å². The molecule has 0 aromatic rings. The molecule has 1 N–H and O–H groups in total. The summed E-state index contributed by atoms with van der Waals surface area (Å²) in [7, 11) is 0. The molecular formula is C27H48O. The molecule has 0 aliphatic heterocycles. The number of rotatable bonds is 5. The lowest BCUT2D eigenvalue weighted by Gasteiger charge is -2.61. The second-order valence-corrected chi connectivity index (χ2v) is 12.6. The van der Waals surface area contributed by atoms with Crippen LogP contribution in [0.15, 0.2) is 0 Å². The Morgan fingerprint density at radius 2 is 1.54 bits per heavy atom. The maximum atomic E-state index is 10.5. The first-order chi connectivity index (χ1) is 13.3. The zero-order valence-electron chi connectivity index (χ0n) is 19.6. The summed E-state index contributed by atoms with van der Waals surface area (Å²) in [6.45, 7) is 12.6. The van der Waals surface area contributed by atoms with Gasteiger partial charge in [0.2, 0.25) is 0 Å². The molecule has 0 bridgehead atoms. The van der Waals surface area contributed by atoms with Crippen molar-refractivity contribution >= 4 is 0 Å². The van der Waals surface area contributed by atoms with Gasteiger partial charge in [0.15, 0.2) is 0 Å². The van der Waals surface area contributed by atoms with Crippen LogP contribution in [0.1, 0.15) is 112 Å². The molecule has 4 saturated carbocycles. The first-order valence-corrected chi connectivity index (χ1v) is 12.9. The van der Waals surface area contributed by atoms with Crippen LogP contribution in [-0.4, -0.2) is 11.2 Å². The van der Waals surface area contributed by atoms with Crippen LogP contribution in [0, 0.1) is 52.3 Å². The lowest BCUT2D eigenvalue weighted by Crippen LogP contribution is -2.54. The fourth-order valence-electron chi connectivity index (χ4n) is 9.35. The smallest absolute Gasteiger partial charge is 0.0545 e. The van der Waals surface area contributed by atoms with Crippen LogP contribution in [-0.2, 0) is 0 Å². The van der Waals surface area contributed by atoms with Gasteiger partial charge in [-0.05, 0) is 110 Å². The molecule has 28 heavy (non-hydrogen) atoms. The zero-order chi connectivity index (χ0) is 20.1. The maximum Gasteiger partial charge on any atom is 0.0545 e. The highest BCUT2D eigenvalue weighted by atomic mass is 16.3. The predicted octanol–water partition coefficient (Wildman–Crippen LogP) is 7.47. The van der Waals surface area contributed by atoms with Gasteiger partial charge in [0.05, 0.1) is 6.10 Å². The van der Waals surface area contributed by atoms with Gasteiger partial charge in [-0.1, -0.05) is 53.9 Å². The molecule has 0 aromatic carbocycles. The molecule has 0 spiro atoms. The average Bonchev–Trinajstić information content (AvgIpc) is 2.98. The Morgan fingerprint density at radius 3 is 2.29 bits per heavy atom. The highest BCUT2D eigenvalue weighted by molar-refractivity contribution is 5.09. The Morgan fingerprint density at radius 1 is 0.821 bits per heavy atom. The van der Waals surface area contributed by atoms with Crippen molar-refractivity contribution in [1.29, 1.82) is 0 Å². The lowest BCUT2D eigenvalue weighted by molar-refractivity contribution is -0.132. The highest BCUT2D eigenvalue weighted by Crippen LogP contribution is 2.68. The lowest BCUT2D eigenvalue weighted by atomic mass is 9.44. The molecule has 9 atom stereocenters. The van der Waals surface area contributed by atoms with E-state index in [1.54, 1.807) is 0 Å². The van der Waals surface area contributed by atoms with E-state index >= 15 is 0 Å². The van der Waals surface area contributed by atoms with Crippen molar-refractivity contribution in [2.75, 3.05) is 0 Å². The van der Waals surface area contributed by atoms with Gasteiger partial charge in [-0.2, -0.15) is 0 Å². The summed E-state index contributed by atoms with van der Waals surface area (Å²) in [6.07, 6.45) is 16.6. The quantitative estimate of drug-likeness (QED) is 0.518. The van der Waals surface area contributed by atoms with E-state index in [1.165, 1.54) is 64.2 Å². The van der Waals surface area contributed by atoms with Gasteiger partial charge in [-0.25, -0.2) is 0 Å². The van der Waals surface area contributed by atoms with Crippen molar-refractivity contribution in [3.8, 4) is 0 Å². The minimum absolute atomic E-state index is 0.0226. The van der Waals surface area contributed by atoms with Crippen LogP contribution in [0.4, 0.5) is 0 Å². The third-order valence-corrected chi connectivity index (χ3v) is 10.8. The van der Waals surface area contributed by atoms with Crippen LogP contribution in [0.2, 0.25) is 0 Å². The molecule has 0 saturated heterocycles. The normalized spacial score (nSPS) is 49.4. The first kappa shape index (κ1) is 21.2. The third-order valence-electron chi connectivity index (χ3n) is 10.8. The number of aliphatic hydroxyl groups is 1. The van der Waals surface area contributed by atoms with Crippen LogP contribution in [0.3, 0.4) is 0 Å². The van der Waals surface area contributed by atoms with Gasteiger partial charge in [0, 0.05) is 0 Å². The summed E-state index contributed by atoms with van der Waals surface area (Å²) in [4.78, 5) is 0. The molecule has 1 nitrogen and oxygen atoms in total. The zero-order valence-corrected chi connectivity index (χ0v) is 19.6. The standard InChI is InChI=1S/C27H48O/c1-18(2)7-6-8-19(3)23-13-14-24-22-12-10-20-9-11-21(28)17-27(20,5)25(22)15-16-26(23,24)4/h18-25,28H,6-17H2,1-5H3/t19-,20-,21-,22+,23-,24+,25+,26-,27+/m1/s1. The summed E-state index contributed by atoms with van der Waals surface area (Å²) in [5, 5.41) is 10.5. The summed E-state index contributed by atoms with van der Waals surface area (Å²) >= 11 is 0. The van der Waals surface area contributed by atoms with Crippen LogP contribution < -0.4 is 0 Å². The molecule has 0 unspecified atom stereocenters. The predicted molar refractivity (Wildman–Crippen MR) is 119 cm³/mol. The molecular weight excluding hydrogens is 340 g/mol. The van der Waals surface area contributed by atoms with Gasteiger partial charge >= 0.3 is 0 Å². The topological polar surface area (TPSA) is 20.2 Å². The largest absolute Gasteiger partial charge is 0.393 e. The Kier molecular flexibility index (Phi) is 5.98. The van der Waals surface area contributed by atoms with E-state index in [0.29, 0.717) is 10.8 Å². The molecule has 0 radical (unpaired) electrons. The maximum absolute atomic E-state index is 10.5. The first-order valence-electron chi connectivity index (χ1n) is 12.9. The van der Waals surface area contributed by atoms with E-state index in [2.05, 4.69) is 34.6 Å². The molecule has 4 aliphatic rings. The van der Waals surface area contributed by atoms with E-state index in [4.69, 9.17) is 0 Å². The van der Waals surface area contributed by atoms with E-state index in [1.807, 2.05) is 0 Å². The van der Waals surface area contributed by atoms with Crippen molar-refractivity contribution in [3.63, 3.8) is 0 Å². The summed E-state index contributed by atoms with van der Waals surface area (Å²) < 4.78 is 0. The van der Waals surface area contributed by atoms with Crippen molar-refractivity contribution in [2.45, 2.75) is 118 Å². The van der Waals surface area contributed by atoms with Crippen molar-refractivity contribution < 1.29 is 5.11 Å². The van der Waals surface area contributed by atoms with Crippen LogP contribution in [0.5, 0.6) is 0 Å². The van der Waals surface area contributed by atoms with E-state index in [0.717, 1.165) is 54.3 Å². The second-order valence-electron chi connectivity index (χ2n) is 12.6. The summed E-state index contributed by atoms with van der Waals surface area (Å²) in [5.41, 5.74) is 1.04. The van der Waals surface area contributed by atoms with Gasteiger partial charge in [-0.3, -0.25) is 0 Å². The average molecular weight is 389 g/mol. The summed E-state index contributed by atoms with van der Waals surface area (Å²) in [5.74, 6) is 6.46. The molecule has 162 valence electrons. The van der Waals surface area contributed by atoms with E-state index < -0.39 is 0 Å². The Bertz CT molecular complexity index is 540. The third kappa shape index (κ3) is 3.50. The Hall–Kier alpha value is -0.0400. The second kappa shape index (κ2) is 7.90. The Balaban J connectivity index is 1.47. The number of hydrogen-bond donors (Lipinski definition) is 1. The monoisotopic (exact) mass is 388 g/mol. The SMILES string of the molecule is CC(C)CCC[C@@H](C)[C@H]1CC[C@H]2[C@@H]3CC[C@H]4CC[C@@H](O)C[C@]4(C)[C@H]3CC[C@]12C. The van der Waals surface area contributed by atoms with Gasteiger partial charge in [-0.15, -0.1) is 0 Å². The minimum atomic E-state index is -0.0226. The number of fused-ring (bicyclic) bond motifs is 5. The molecule has 0 aromatic heterocycles. The molecule has 4 fully saturated rings. The van der Waals surface area contributed by atoms with Gasteiger partial charge in [0.25, 0.3) is 0 Å².